The van der Waals surface area contributed by atoms with E-state index in [4.69, 9.17) is 9.72 Å². The molecular weight excluding hydrogens is 363 g/mol. The third-order valence-corrected chi connectivity index (χ3v) is 6.26. The van der Waals surface area contributed by atoms with Gasteiger partial charge in [0.15, 0.2) is 11.6 Å². The van der Waals surface area contributed by atoms with E-state index in [2.05, 4.69) is 27.6 Å². The lowest BCUT2D eigenvalue weighted by Gasteiger charge is -2.17. The third-order valence-electron chi connectivity index (χ3n) is 5.06. The van der Waals surface area contributed by atoms with Crippen LogP contribution in [0.1, 0.15) is 22.9 Å². The largest absolute Gasteiger partial charge is 0.494 e. The number of rotatable bonds is 5. The van der Waals surface area contributed by atoms with Gasteiger partial charge in [0.05, 0.1) is 29.1 Å². The molecule has 2 unspecified atom stereocenters. The molecule has 1 fully saturated rings. The summed E-state index contributed by atoms with van der Waals surface area (Å²) in [4.78, 5) is 4.77. The van der Waals surface area contributed by atoms with Gasteiger partial charge in [-0.05, 0) is 18.1 Å². The number of hydrogen-bond donors (Lipinski definition) is 2. The average Bonchev–Trinajstić information content (AvgIpc) is 3.01. The average molecular weight is 380 g/mol. The first-order valence-electron chi connectivity index (χ1n) is 8.67. The van der Waals surface area contributed by atoms with Gasteiger partial charge in [-0.2, -0.15) is 5.10 Å². The van der Waals surface area contributed by atoms with E-state index in [0.717, 1.165) is 21.9 Å². The zero-order chi connectivity index (χ0) is 18.4. The summed E-state index contributed by atoms with van der Waals surface area (Å²) < 4.78 is 20.1. The molecule has 2 aromatic carbocycles. The van der Waals surface area contributed by atoms with Crippen molar-refractivity contribution in [3.63, 3.8) is 0 Å². The van der Waals surface area contributed by atoms with E-state index in [1.54, 1.807) is 23.6 Å². The summed E-state index contributed by atoms with van der Waals surface area (Å²) in [6.07, 6.45) is 2.63. The molecule has 0 amide bonds. The molecule has 1 aliphatic rings. The van der Waals surface area contributed by atoms with Crippen molar-refractivity contribution >= 4 is 27.4 Å². The maximum absolute atomic E-state index is 14.1. The number of methoxy groups -OCH3 is 1. The van der Waals surface area contributed by atoms with E-state index in [1.165, 1.54) is 18.7 Å². The molecule has 0 spiro atoms. The van der Waals surface area contributed by atoms with Crippen molar-refractivity contribution < 1.29 is 9.13 Å². The van der Waals surface area contributed by atoms with Crippen LogP contribution in [-0.2, 0) is 5.54 Å². The summed E-state index contributed by atoms with van der Waals surface area (Å²) in [6.45, 7) is 0. The summed E-state index contributed by atoms with van der Waals surface area (Å²) in [5.74, 6) is 0.974. The topological polar surface area (TPSA) is 62.8 Å². The van der Waals surface area contributed by atoms with Crippen molar-refractivity contribution in [2.24, 2.45) is 0 Å². The Morgan fingerprint density at radius 2 is 2.11 bits per heavy atom. The lowest BCUT2D eigenvalue weighted by Crippen LogP contribution is -2.21. The van der Waals surface area contributed by atoms with Gasteiger partial charge in [0.1, 0.15) is 10.8 Å². The molecule has 2 atom stereocenters. The van der Waals surface area contributed by atoms with Crippen LogP contribution in [0.15, 0.2) is 54.7 Å². The van der Waals surface area contributed by atoms with Crippen molar-refractivity contribution in [1.82, 2.24) is 15.2 Å². The second-order valence-corrected chi connectivity index (χ2v) is 7.74. The molecule has 0 bridgehead atoms. The second-order valence-electron chi connectivity index (χ2n) is 6.71. The number of ether oxygens (including phenoxy) is 1. The molecule has 1 saturated carbocycles. The van der Waals surface area contributed by atoms with E-state index in [9.17, 15) is 4.39 Å². The van der Waals surface area contributed by atoms with Crippen LogP contribution in [0.5, 0.6) is 5.75 Å². The van der Waals surface area contributed by atoms with Gasteiger partial charge in [-0.1, -0.05) is 30.3 Å². The minimum Gasteiger partial charge on any atom is -0.494 e. The van der Waals surface area contributed by atoms with Crippen molar-refractivity contribution in [2.45, 2.75) is 17.9 Å². The summed E-state index contributed by atoms with van der Waals surface area (Å²) in [7, 11) is 1.47. The number of fused-ring (bicyclic) bond motifs is 1. The summed E-state index contributed by atoms with van der Waals surface area (Å²) in [5.41, 5.74) is 1.58. The number of nitrogens with one attached hydrogen (secondary N) is 2. The number of halogens is 1. The summed E-state index contributed by atoms with van der Waals surface area (Å²) in [6, 6.07) is 15.4. The molecule has 4 aromatic rings. The fraction of sp³-hybridized carbons (Fsp3) is 0.200. The Morgan fingerprint density at radius 3 is 2.85 bits per heavy atom. The Bertz CT molecular complexity index is 1100. The maximum atomic E-state index is 14.1. The molecule has 0 radical (unpaired) electrons. The van der Waals surface area contributed by atoms with Crippen LogP contribution >= 0.6 is 11.3 Å². The van der Waals surface area contributed by atoms with Crippen LogP contribution in [0, 0.1) is 5.82 Å². The number of hydrogen-bond acceptors (Lipinski definition) is 5. The Balaban J connectivity index is 1.60. The molecule has 136 valence electrons. The molecule has 1 aliphatic carbocycles. The molecule has 0 aliphatic heterocycles. The Kier molecular flexibility index (Phi) is 3.65. The number of nitrogens with zero attached hydrogens (tertiary/aromatic N) is 2. The number of H-pyrrole nitrogens is 1. The Morgan fingerprint density at radius 1 is 1.26 bits per heavy atom. The van der Waals surface area contributed by atoms with Gasteiger partial charge in [0.25, 0.3) is 0 Å². The van der Waals surface area contributed by atoms with Crippen LogP contribution in [-0.4, -0.2) is 22.3 Å². The Labute approximate surface area is 159 Å². The lowest BCUT2D eigenvalue weighted by molar-refractivity contribution is 0.387. The highest BCUT2D eigenvalue weighted by atomic mass is 32.1. The normalized spacial score (nSPS) is 21.3. The molecule has 5 nitrogen and oxygen atoms in total. The first kappa shape index (κ1) is 16.3. The zero-order valence-corrected chi connectivity index (χ0v) is 15.4. The van der Waals surface area contributed by atoms with Gasteiger partial charge < -0.3 is 10.1 Å². The highest BCUT2D eigenvalue weighted by Crippen LogP contribution is 2.61. The first-order valence-corrected chi connectivity index (χ1v) is 9.48. The highest BCUT2D eigenvalue weighted by molar-refractivity contribution is 7.18. The molecule has 2 aromatic heterocycles. The van der Waals surface area contributed by atoms with Crippen molar-refractivity contribution in [3.05, 3.63) is 71.1 Å². The van der Waals surface area contributed by atoms with Crippen LogP contribution in [0.25, 0.3) is 10.2 Å². The van der Waals surface area contributed by atoms with E-state index in [0.29, 0.717) is 5.52 Å². The first-order chi connectivity index (χ1) is 13.2. The molecule has 2 N–H and O–H groups in total. The molecule has 27 heavy (non-hydrogen) atoms. The monoisotopic (exact) mass is 380 g/mol. The number of benzene rings is 2. The SMILES string of the molecule is COc1cc2sc(C3(Nc4ccn[nH]4)CC3c3ccccc3)nc2cc1F. The van der Waals surface area contributed by atoms with E-state index in [-0.39, 0.29) is 17.2 Å². The third kappa shape index (κ3) is 2.66. The minimum absolute atomic E-state index is 0.240. The summed E-state index contributed by atoms with van der Waals surface area (Å²) >= 11 is 1.57. The number of aromatic nitrogens is 3. The van der Waals surface area contributed by atoms with Gasteiger partial charge in [-0.25, -0.2) is 9.37 Å². The number of thiazole rings is 1. The number of anilines is 1. The maximum Gasteiger partial charge on any atom is 0.167 e. The molecule has 7 heteroatoms. The minimum atomic E-state index is -0.396. The highest BCUT2D eigenvalue weighted by Gasteiger charge is 2.58. The van der Waals surface area contributed by atoms with Crippen LogP contribution in [0.2, 0.25) is 0 Å². The van der Waals surface area contributed by atoms with Crippen molar-refractivity contribution in [1.29, 1.82) is 0 Å². The predicted octanol–water partition coefficient (Wildman–Crippen LogP) is 4.66. The molecule has 5 rings (SSSR count). The summed E-state index contributed by atoms with van der Waals surface area (Å²) in [5, 5.41) is 11.5. The quantitative estimate of drug-likeness (QED) is 0.528. The van der Waals surface area contributed by atoms with Gasteiger partial charge in [0, 0.05) is 18.1 Å². The van der Waals surface area contributed by atoms with E-state index in [1.807, 2.05) is 24.3 Å². The molecule has 0 saturated heterocycles. The van der Waals surface area contributed by atoms with Gasteiger partial charge >= 0.3 is 0 Å². The molecular formula is C20H17FN4OS. The van der Waals surface area contributed by atoms with Crippen LogP contribution < -0.4 is 10.1 Å². The Hall–Kier alpha value is -2.93. The van der Waals surface area contributed by atoms with Gasteiger partial charge in [-0.3, -0.25) is 5.10 Å². The second kappa shape index (κ2) is 6.06. The fourth-order valence-electron chi connectivity index (χ4n) is 3.62. The van der Waals surface area contributed by atoms with Crippen LogP contribution in [0.3, 0.4) is 0 Å². The zero-order valence-electron chi connectivity index (χ0n) is 14.6. The van der Waals surface area contributed by atoms with Crippen molar-refractivity contribution in [2.75, 3.05) is 12.4 Å². The number of aromatic amines is 1. The predicted molar refractivity (Wildman–Crippen MR) is 104 cm³/mol. The fourth-order valence-corrected chi connectivity index (χ4v) is 4.81. The lowest BCUT2D eigenvalue weighted by atomic mass is 10.1. The smallest absolute Gasteiger partial charge is 0.167 e. The molecule has 2 heterocycles. The van der Waals surface area contributed by atoms with E-state index < -0.39 is 5.82 Å². The van der Waals surface area contributed by atoms with Gasteiger partial charge in [0.2, 0.25) is 0 Å². The van der Waals surface area contributed by atoms with Gasteiger partial charge in [-0.15, -0.1) is 11.3 Å². The standard InChI is InChI=1S/C20H17FN4OS/c1-26-16-10-17-15(9-14(16)21)23-19(27-17)20(24-18-7-8-22-25-18)11-13(20)12-5-3-2-4-6-12/h2-10,13H,11H2,1H3,(H2,22,24,25). The van der Waals surface area contributed by atoms with E-state index >= 15 is 0 Å². The van der Waals surface area contributed by atoms with Crippen LogP contribution in [0.4, 0.5) is 10.2 Å². The van der Waals surface area contributed by atoms with Crippen molar-refractivity contribution in [3.8, 4) is 5.75 Å².